The third-order valence-electron chi connectivity index (χ3n) is 1.96. The zero-order chi connectivity index (χ0) is 11.5. The van der Waals surface area contributed by atoms with Crippen LogP contribution in [0.2, 0.25) is 5.02 Å². The van der Waals surface area contributed by atoms with Crippen molar-refractivity contribution in [2.24, 2.45) is 0 Å². The standard InChI is InChI=1S/C10H10ClF3O/c11-9-6-7(2-1-5-15)3-4-8(9)10(12,13)14/h3-4,6,15H,1-2,5H2. The summed E-state index contributed by atoms with van der Waals surface area (Å²) in [6.45, 7) is 0.0125. The Labute approximate surface area is 90.5 Å². The number of aryl methyl sites for hydroxylation is 1. The molecule has 1 aromatic rings. The number of alkyl halides is 3. The summed E-state index contributed by atoms with van der Waals surface area (Å²) in [7, 11) is 0. The van der Waals surface area contributed by atoms with Crippen LogP contribution in [0.4, 0.5) is 13.2 Å². The van der Waals surface area contributed by atoms with Crippen molar-refractivity contribution in [2.45, 2.75) is 19.0 Å². The lowest BCUT2D eigenvalue weighted by Crippen LogP contribution is -2.06. The van der Waals surface area contributed by atoms with Gasteiger partial charge >= 0.3 is 6.18 Å². The molecule has 0 fully saturated rings. The van der Waals surface area contributed by atoms with Crippen LogP contribution in [0, 0.1) is 0 Å². The average molecular weight is 239 g/mol. The topological polar surface area (TPSA) is 20.2 Å². The molecule has 0 heterocycles. The highest BCUT2D eigenvalue weighted by atomic mass is 35.5. The number of aliphatic hydroxyl groups excluding tert-OH is 1. The first-order valence-corrected chi connectivity index (χ1v) is 4.79. The number of hydrogen-bond acceptors (Lipinski definition) is 1. The predicted octanol–water partition coefficient (Wildman–Crippen LogP) is 3.28. The molecule has 0 aromatic heterocycles. The molecule has 0 amide bonds. The lowest BCUT2D eigenvalue weighted by Gasteiger charge is -2.09. The fraction of sp³-hybridized carbons (Fsp3) is 0.400. The average Bonchev–Trinajstić information content (AvgIpc) is 2.12. The molecule has 0 spiro atoms. The van der Waals surface area contributed by atoms with E-state index >= 15 is 0 Å². The van der Waals surface area contributed by atoms with E-state index in [1.165, 1.54) is 12.1 Å². The van der Waals surface area contributed by atoms with E-state index in [0.29, 0.717) is 18.4 Å². The van der Waals surface area contributed by atoms with Crippen molar-refractivity contribution in [3.05, 3.63) is 34.3 Å². The molecule has 0 saturated heterocycles. The quantitative estimate of drug-likeness (QED) is 0.857. The minimum atomic E-state index is -4.41. The monoisotopic (exact) mass is 238 g/mol. The summed E-state index contributed by atoms with van der Waals surface area (Å²) < 4.78 is 36.9. The minimum Gasteiger partial charge on any atom is -0.396 e. The lowest BCUT2D eigenvalue weighted by atomic mass is 10.1. The van der Waals surface area contributed by atoms with Crippen LogP contribution < -0.4 is 0 Å². The Kier molecular flexibility index (Phi) is 3.99. The second-order valence-electron chi connectivity index (χ2n) is 3.14. The molecular weight excluding hydrogens is 229 g/mol. The Morgan fingerprint density at radius 3 is 2.40 bits per heavy atom. The maximum atomic E-state index is 12.3. The van der Waals surface area contributed by atoms with Gasteiger partial charge in [0, 0.05) is 6.61 Å². The third-order valence-corrected chi connectivity index (χ3v) is 2.28. The van der Waals surface area contributed by atoms with E-state index < -0.39 is 11.7 Å². The van der Waals surface area contributed by atoms with Gasteiger partial charge in [0.1, 0.15) is 0 Å². The van der Waals surface area contributed by atoms with Crippen molar-refractivity contribution in [3.8, 4) is 0 Å². The highest BCUT2D eigenvalue weighted by Crippen LogP contribution is 2.34. The SMILES string of the molecule is OCCCc1ccc(C(F)(F)F)c(Cl)c1. The number of aliphatic hydroxyl groups is 1. The van der Waals surface area contributed by atoms with Crippen molar-refractivity contribution in [1.29, 1.82) is 0 Å². The fourth-order valence-corrected chi connectivity index (χ4v) is 1.54. The van der Waals surface area contributed by atoms with Crippen molar-refractivity contribution in [3.63, 3.8) is 0 Å². The minimum absolute atomic E-state index is 0.0125. The van der Waals surface area contributed by atoms with Crippen molar-refractivity contribution < 1.29 is 18.3 Å². The van der Waals surface area contributed by atoms with Crippen LogP contribution >= 0.6 is 11.6 Å². The van der Waals surface area contributed by atoms with Crippen LogP contribution in [0.1, 0.15) is 17.5 Å². The van der Waals surface area contributed by atoms with Crippen LogP contribution in [-0.4, -0.2) is 11.7 Å². The van der Waals surface area contributed by atoms with Gasteiger partial charge in [-0.3, -0.25) is 0 Å². The Morgan fingerprint density at radius 2 is 1.93 bits per heavy atom. The van der Waals surface area contributed by atoms with Crippen LogP contribution in [0.25, 0.3) is 0 Å². The molecule has 15 heavy (non-hydrogen) atoms. The van der Waals surface area contributed by atoms with Gasteiger partial charge in [-0.05, 0) is 30.5 Å². The number of benzene rings is 1. The van der Waals surface area contributed by atoms with Gasteiger partial charge in [0.05, 0.1) is 10.6 Å². The molecule has 0 aliphatic carbocycles. The van der Waals surface area contributed by atoms with Gasteiger partial charge in [0.25, 0.3) is 0 Å². The van der Waals surface area contributed by atoms with Crippen LogP contribution in [0.5, 0.6) is 0 Å². The molecular formula is C10H10ClF3O. The predicted molar refractivity (Wildman–Crippen MR) is 51.9 cm³/mol. The molecule has 0 unspecified atom stereocenters. The molecule has 0 radical (unpaired) electrons. The van der Waals surface area contributed by atoms with Gasteiger partial charge in [0.2, 0.25) is 0 Å². The Bertz CT molecular complexity index is 336. The first-order valence-electron chi connectivity index (χ1n) is 4.41. The van der Waals surface area contributed by atoms with Crippen molar-refractivity contribution >= 4 is 11.6 Å². The zero-order valence-electron chi connectivity index (χ0n) is 7.81. The second kappa shape index (κ2) is 4.86. The molecule has 0 aliphatic heterocycles. The Morgan fingerprint density at radius 1 is 1.27 bits per heavy atom. The molecule has 0 aliphatic rings. The van der Waals surface area contributed by atoms with Crippen LogP contribution in [0.3, 0.4) is 0 Å². The normalized spacial score (nSPS) is 11.8. The molecule has 1 rings (SSSR count). The Hall–Kier alpha value is -0.740. The second-order valence-corrected chi connectivity index (χ2v) is 3.55. The maximum Gasteiger partial charge on any atom is 0.417 e. The largest absolute Gasteiger partial charge is 0.417 e. The summed E-state index contributed by atoms with van der Waals surface area (Å²) in [5.41, 5.74) is -0.126. The molecule has 5 heteroatoms. The van der Waals surface area contributed by atoms with E-state index in [1.54, 1.807) is 0 Å². The molecule has 1 nitrogen and oxygen atoms in total. The summed E-state index contributed by atoms with van der Waals surface area (Å²) in [6, 6.07) is 3.64. The van der Waals surface area contributed by atoms with Gasteiger partial charge in [0.15, 0.2) is 0 Å². The van der Waals surface area contributed by atoms with Gasteiger partial charge in [-0.1, -0.05) is 17.7 Å². The number of rotatable bonds is 3. The number of hydrogen-bond donors (Lipinski definition) is 1. The zero-order valence-corrected chi connectivity index (χ0v) is 8.57. The molecule has 1 N–H and O–H groups in total. The molecule has 1 aromatic carbocycles. The lowest BCUT2D eigenvalue weighted by molar-refractivity contribution is -0.137. The van der Waals surface area contributed by atoms with E-state index in [1.807, 2.05) is 0 Å². The molecule has 0 bridgehead atoms. The van der Waals surface area contributed by atoms with Crippen LogP contribution in [0.15, 0.2) is 18.2 Å². The molecule has 84 valence electrons. The van der Waals surface area contributed by atoms with E-state index in [9.17, 15) is 13.2 Å². The van der Waals surface area contributed by atoms with E-state index in [-0.39, 0.29) is 11.6 Å². The maximum absolute atomic E-state index is 12.3. The van der Waals surface area contributed by atoms with Gasteiger partial charge < -0.3 is 5.11 Å². The molecule has 0 atom stereocenters. The van der Waals surface area contributed by atoms with Gasteiger partial charge in [-0.15, -0.1) is 0 Å². The summed E-state index contributed by atoms with van der Waals surface area (Å²) in [4.78, 5) is 0. The van der Waals surface area contributed by atoms with Gasteiger partial charge in [-0.25, -0.2) is 0 Å². The summed E-state index contributed by atoms with van der Waals surface area (Å²) >= 11 is 5.51. The van der Waals surface area contributed by atoms with Crippen molar-refractivity contribution in [1.82, 2.24) is 0 Å². The fourth-order valence-electron chi connectivity index (χ4n) is 1.23. The third kappa shape index (κ3) is 3.39. The van der Waals surface area contributed by atoms with Crippen LogP contribution in [-0.2, 0) is 12.6 Å². The summed E-state index contributed by atoms with van der Waals surface area (Å²) in [6.07, 6.45) is -3.37. The summed E-state index contributed by atoms with van der Waals surface area (Å²) in [5, 5.41) is 8.27. The Balaban J connectivity index is 2.89. The molecule has 0 saturated carbocycles. The first kappa shape index (κ1) is 12.3. The number of halogens is 4. The summed E-state index contributed by atoms with van der Waals surface area (Å²) in [5.74, 6) is 0. The highest BCUT2D eigenvalue weighted by Gasteiger charge is 2.32. The smallest absolute Gasteiger partial charge is 0.396 e. The van der Waals surface area contributed by atoms with E-state index in [2.05, 4.69) is 0 Å². The van der Waals surface area contributed by atoms with Gasteiger partial charge in [-0.2, -0.15) is 13.2 Å². The van der Waals surface area contributed by atoms with E-state index in [4.69, 9.17) is 16.7 Å². The van der Waals surface area contributed by atoms with E-state index in [0.717, 1.165) is 6.07 Å². The highest BCUT2D eigenvalue weighted by molar-refractivity contribution is 6.31. The van der Waals surface area contributed by atoms with Crippen molar-refractivity contribution in [2.75, 3.05) is 6.61 Å². The first-order chi connectivity index (χ1) is 6.95.